The second-order valence-electron chi connectivity index (χ2n) is 8.14. The fourth-order valence-corrected chi connectivity index (χ4v) is 4.01. The largest absolute Gasteiger partial charge is 0.396 e. The first-order valence-electron chi connectivity index (χ1n) is 7.52. The molecule has 2 nitrogen and oxygen atoms in total. The van der Waals surface area contributed by atoms with Crippen LogP contribution >= 0.6 is 0 Å². The molecule has 0 spiro atoms. The molecule has 0 saturated heterocycles. The number of nitrogens with one attached hydrogen (secondary N) is 1. The van der Waals surface area contributed by atoms with Crippen LogP contribution in [0.15, 0.2) is 0 Å². The number of aliphatic hydroxyl groups excluding tert-OH is 1. The maximum Gasteiger partial charge on any atom is 0.0445 e. The van der Waals surface area contributed by atoms with E-state index in [0.29, 0.717) is 28.8 Å². The molecular weight excluding hydrogens is 222 g/mol. The van der Waals surface area contributed by atoms with Crippen molar-refractivity contribution in [3.8, 4) is 0 Å². The van der Waals surface area contributed by atoms with E-state index in [2.05, 4.69) is 46.9 Å². The standard InChI is InChI=1S/C16H33NO/c1-12(2)14(7-8-18)17-13-9-15(3,4)11-16(5,6)10-13/h12-14,17-18H,7-11H2,1-6H3. The molecule has 0 aromatic heterocycles. The zero-order valence-corrected chi connectivity index (χ0v) is 13.2. The van der Waals surface area contributed by atoms with E-state index in [1.807, 2.05) is 0 Å². The third-order valence-corrected chi connectivity index (χ3v) is 4.25. The molecule has 0 aliphatic heterocycles. The summed E-state index contributed by atoms with van der Waals surface area (Å²) in [5.41, 5.74) is 0.861. The molecule has 0 heterocycles. The minimum atomic E-state index is 0.287. The monoisotopic (exact) mass is 255 g/mol. The van der Waals surface area contributed by atoms with Crippen LogP contribution in [0.1, 0.15) is 67.2 Å². The van der Waals surface area contributed by atoms with Crippen LogP contribution in [0, 0.1) is 16.7 Å². The summed E-state index contributed by atoms with van der Waals surface area (Å²) in [7, 11) is 0. The molecule has 1 rings (SSSR count). The van der Waals surface area contributed by atoms with Gasteiger partial charge in [0.1, 0.15) is 0 Å². The van der Waals surface area contributed by atoms with E-state index in [-0.39, 0.29) is 6.61 Å². The third kappa shape index (κ3) is 4.89. The number of aliphatic hydroxyl groups is 1. The highest BCUT2D eigenvalue weighted by Gasteiger charge is 2.38. The lowest BCUT2D eigenvalue weighted by atomic mass is 9.63. The maximum atomic E-state index is 9.18. The molecule has 1 atom stereocenters. The molecule has 0 radical (unpaired) electrons. The van der Waals surface area contributed by atoms with Crippen LogP contribution in [0.25, 0.3) is 0 Å². The summed E-state index contributed by atoms with van der Waals surface area (Å²) in [5.74, 6) is 0.588. The van der Waals surface area contributed by atoms with Crippen molar-refractivity contribution in [1.82, 2.24) is 5.32 Å². The maximum absolute atomic E-state index is 9.18. The summed E-state index contributed by atoms with van der Waals surface area (Å²) in [6.07, 6.45) is 4.69. The highest BCUT2D eigenvalue weighted by atomic mass is 16.3. The Morgan fingerprint density at radius 2 is 1.61 bits per heavy atom. The second kappa shape index (κ2) is 5.92. The molecule has 18 heavy (non-hydrogen) atoms. The topological polar surface area (TPSA) is 32.3 Å². The molecule has 0 aromatic carbocycles. The Labute approximate surface area is 114 Å². The lowest BCUT2D eigenvalue weighted by Crippen LogP contribution is -2.49. The van der Waals surface area contributed by atoms with Gasteiger partial charge in [-0.25, -0.2) is 0 Å². The van der Waals surface area contributed by atoms with E-state index in [9.17, 15) is 5.11 Å². The summed E-state index contributed by atoms with van der Waals surface area (Å²) >= 11 is 0. The molecular formula is C16H33NO. The van der Waals surface area contributed by atoms with E-state index in [0.717, 1.165) is 6.42 Å². The van der Waals surface area contributed by atoms with Crippen LogP contribution in [0.3, 0.4) is 0 Å². The molecule has 1 aliphatic rings. The Morgan fingerprint density at radius 3 is 2.00 bits per heavy atom. The second-order valence-corrected chi connectivity index (χ2v) is 8.14. The molecule has 1 fully saturated rings. The van der Waals surface area contributed by atoms with Crippen LogP contribution in [-0.4, -0.2) is 23.8 Å². The molecule has 1 saturated carbocycles. The predicted molar refractivity (Wildman–Crippen MR) is 78.7 cm³/mol. The van der Waals surface area contributed by atoms with Crippen LogP contribution in [0.2, 0.25) is 0 Å². The van der Waals surface area contributed by atoms with Crippen molar-refractivity contribution in [3.05, 3.63) is 0 Å². The lowest BCUT2D eigenvalue weighted by molar-refractivity contribution is 0.0746. The van der Waals surface area contributed by atoms with Gasteiger partial charge in [-0.1, -0.05) is 41.5 Å². The summed E-state index contributed by atoms with van der Waals surface area (Å²) < 4.78 is 0. The van der Waals surface area contributed by atoms with Gasteiger partial charge in [0.05, 0.1) is 0 Å². The van der Waals surface area contributed by atoms with E-state index < -0.39 is 0 Å². The van der Waals surface area contributed by atoms with Crippen molar-refractivity contribution < 1.29 is 5.11 Å². The van der Waals surface area contributed by atoms with Gasteiger partial charge in [-0.2, -0.15) is 0 Å². The first-order chi connectivity index (χ1) is 8.15. The highest BCUT2D eigenvalue weighted by molar-refractivity contribution is 4.93. The Morgan fingerprint density at radius 1 is 1.11 bits per heavy atom. The molecule has 0 aromatic rings. The molecule has 108 valence electrons. The zero-order chi connectivity index (χ0) is 14.0. The van der Waals surface area contributed by atoms with E-state index in [1.54, 1.807) is 0 Å². The van der Waals surface area contributed by atoms with Crippen molar-refractivity contribution in [2.75, 3.05) is 6.61 Å². The zero-order valence-electron chi connectivity index (χ0n) is 13.2. The van der Waals surface area contributed by atoms with Crippen molar-refractivity contribution in [3.63, 3.8) is 0 Å². The normalized spacial score (nSPS) is 25.3. The average molecular weight is 255 g/mol. The van der Waals surface area contributed by atoms with Crippen molar-refractivity contribution in [2.45, 2.75) is 79.3 Å². The first-order valence-corrected chi connectivity index (χ1v) is 7.52. The first kappa shape index (κ1) is 16.0. The van der Waals surface area contributed by atoms with Gasteiger partial charge in [0.2, 0.25) is 0 Å². The Balaban J connectivity index is 2.65. The highest BCUT2D eigenvalue weighted by Crippen LogP contribution is 2.45. The summed E-state index contributed by atoms with van der Waals surface area (Å²) in [5, 5.41) is 13.0. The van der Waals surface area contributed by atoms with Crippen molar-refractivity contribution in [2.24, 2.45) is 16.7 Å². The van der Waals surface area contributed by atoms with Crippen LogP contribution in [-0.2, 0) is 0 Å². The van der Waals surface area contributed by atoms with Crippen LogP contribution < -0.4 is 5.32 Å². The smallest absolute Gasteiger partial charge is 0.0445 e. The molecule has 1 aliphatic carbocycles. The molecule has 2 heteroatoms. The van der Waals surface area contributed by atoms with Gasteiger partial charge in [-0.15, -0.1) is 0 Å². The van der Waals surface area contributed by atoms with Gasteiger partial charge in [0, 0.05) is 18.7 Å². The van der Waals surface area contributed by atoms with Gasteiger partial charge in [-0.3, -0.25) is 0 Å². The molecule has 2 N–H and O–H groups in total. The summed E-state index contributed by atoms with van der Waals surface area (Å²) in [4.78, 5) is 0. The Bertz CT molecular complexity index is 242. The fourth-order valence-electron chi connectivity index (χ4n) is 4.01. The van der Waals surface area contributed by atoms with E-state index in [4.69, 9.17) is 0 Å². The van der Waals surface area contributed by atoms with Crippen molar-refractivity contribution >= 4 is 0 Å². The Hall–Kier alpha value is -0.0800. The number of hydrogen-bond donors (Lipinski definition) is 2. The quantitative estimate of drug-likeness (QED) is 0.787. The number of hydrogen-bond acceptors (Lipinski definition) is 2. The van der Waals surface area contributed by atoms with Gasteiger partial charge < -0.3 is 10.4 Å². The van der Waals surface area contributed by atoms with Gasteiger partial charge in [0.25, 0.3) is 0 Å². The number of rotatable bonds is 5. The predicted octanol–water partition coefficient (Wildman–Crippen LogP) is 3.59. The van der Waals surface area contributed by atoms with Gasteiger partial charge >= 0.3 is 0 Å². The summed E-state index contributed by atoms with van der Waals surface area (Å²) in [6, 6.07) is 1.05. The van der Waals surface area contributed by atoms with Crippen LogP contribution in [0.4, 0.5) is 0 Å². The Kier molecular flexibility index (Phi) is 5.25. The average Bonchev–Trinajstić information content (AvgIpc) is 2.11. The van der Waals surface area contributed by atoms with Gasteiger partial charge in [-0.05, 0) is 42.4 Å². The van der Waals surface area contributed by atoms with E-state index >= 15 is 0 Å². The fraction of sp³-hybridized carbons (Fsp3) is 1.00. The van der Waals surface area contributed by atoms with Crippen LogP contribution in [0.5, 0.6) is 0 Å². The van der Waals surface area contributed by atoms with Crippen molar-refractivity contribution in [1.29, 1.82) is 0 Å². The lowest BCUT2D eigenvalue weighted by Gasteiger charge is -2.46. The minimum Gasteiger partial charge on any atom is -0.396 e. The molecule has 1 unspecified atom stereocenters. The van der Waals surface area contributed by atoms with E-state index in [1.165, 1.54) is 19.3 Å². The molecule has 0 bridgehead atoms. The SMILES string of the molecule is CC(C)C(CCO)NC1CC(C)(C)CC(C)(C)C1. The van der Waals surface area contributed by atoms with Gasteiger partial charge in [0.15, 0.2) is 0 Å². The third-order valence-electron chi connectivity index (χ3n) is 4.25. The minimum absolute atomic E-state index is 0.287. The molecule has 0 amide bonds. The summed E-state index contributed by atoms with van der Waals surface area (Å²) in [6.45, 7) is 14.3.